The zero-order valence-electron chi connectivity index (χ0n) is 12.7. The van der Waals surface area contributed by atoms with Crippen LogP contribution in [-0.4, -0.2) is 43.5 Å². The summed E-state index contributed by atoms with van der Waals surface area (Å²) in [5.41, 5.74) is -0.369. The number of thioether (sulfide) groups is 1. The Bertz CT molecular complexity index is 443. The number of rotatable bonds is 8. The van der Waals surface area contributed by atoms with Crippen molar-refractivity contribution in [1.29, 1.82) is 5.26 Å². The average molecular weight is 319 g/mol. The Morgan fingerprint density at radius 1 is 1.45 bits per heavy atom. The Hall–Kier alpha value is -0.250. The highest BCUT2D eigenvalue weighted by Crippen LogP contribution is 2.38. The lowest BCUT2D eigenvalue weighted by Crippen LogP contribution is -2.50. The van der Waals surface area contributed by atoms with E-state index in [0.717, 1.165) is 31.4 Å². The van der Waals surface area contributed by atoms with Crippen LogP contribution in [0.25, 0.3) is 0 Å². The number of hydrogen-bond acceptors (Lipinski definition) is 5. The van der Waals surface area contributed by atoms with Crippen LogP contribution in [0.4, 0.5) is 0 Å². The third-order valence-electron chi connectivity index (χ3n) is 3.78. The van der Waals surface area contributed by atoms with Crippen LogP contribution >= 0.6 is 11.8 Å². The molecule has 0 aromatic rings. The number of nitrogens with one attached hydrogen (secondary N) is 1. The van der Waals surface area contributed by atoms with Gasteiger partial charge in [0.15, 0.2) is 0 Å². The Balaban J connectivity index is 2.40. The van der Waals surface area contributed by atoms with E-state index in [-0.39, 0.29) is 11.3 Å². The van der Waals surface area contributed by atoms with Gasteiger partial charge in [-0.1, -0.05) is 6.42 Å². The van der Waals surface area contributed by atoms with Crippen LogP contribution < -0.4 is 5.32 Å². The minimum atomic E-state index is -2.85. The topological polar surface area (TPSA) is 70.0 Å². The predicted molar refractivity (Wildman–Crippen MR) is 85.6 cm³/mol. The minimum Gasteiger partial charge on any atom is -0.297 e. The molecule has 0 aromatic carbocycles. The molecular weight excluding hydrogens is 292 g/mol. The molecule has 0 heterocycles. The lowest BCUT2D eigenvalue weighted by Gasteiger charge is -2.32. The van der Waals surface area contributed by atoms with Crippen LogP contribution in [0.5, 0.6) is 0 Å². The van der Waals surface area contributed by atoms with E-state index in [4.69, 9.17) is 0 Å². The molecule has 0 bridgehead atoms. The highest BCUT2D eigenvalue weighted by molar-refractivity contribution is 8.00. The van der Waals surface area contributed by atoms with Crippen molar-refractivity contribution in [1.82, 2.24) is 5.32 Å². The van der Waals surface area contributed by atoms with Gasteiger partial charge in [0.2, 0.25) is 0 Å². The second-order valence-electron chi connectivity index (χ2n) is 6.00. The van der Waals surface area contributed by atoms with Crippen molar-refractivity contribution in [2.24, 2.45) is 5.92 Å². The molecular formula is C14H26N2O2S2. The van der Waals surface area contributed by atoms with Gasteiger partial charge >= 0.3 is 0 Å². The minimum absolute atomic E-state index is 0.246. The van der Waals surface area contributed by atoms with Crippen molar-refractivity contribution in [3.63, 3.8) is 0 Å². The lowest BCUT2D eigenvalue weighted by molar-refractivity contribution is 0.289. The maximum absolute atomic E-state index is 11.1. The molecule has 20 heavy (non-hydrogen) atoms. The van der Waals surface area contributed by atoms with E-state index in [2.05, 4.69) is 25.2 Å². The fourth-order valence-electron chi connectivity index (χ4n) is 2.89. The summed E-state index contributed by atoms with van der Waals surface area (Å²) < 4.78 is 22.1. The second kappa shape index (κ2) is 7.67. The fraction of sp³-hybridized carbons (Fsp3) is 0.929. The molecule has 1 aliphatic rings. The summed E-state index contributed by atoms with van der Waals surface area (Å²) in [7, 11) is -2.85. The van der Waals surface area contributed by atoms with Crippen molar-refractivity contribution in [3.8, 4) is 6.07 Å². The molecule has 0 saturated heterocycles. The van der Waals surface area contributed by atoms with Gasteiger partial charge in [-0.25, -0.2) is 8.42 Å². The smallest absolute Gasteiger partial charge is 0.148 e. The van der Waals surface area contributed by atoms with E-state index in [9.17, 15) is 13.7 Å². The van der Waals surface area contributed by atoms with Gasteiger partial charge in [0, 0.05) is 18.1 Å². The lowest BCUT2D eigenvalue weighted by atomic mass is 9.86. The van der Waals surface area contributed by atoms with Gasteiger partial charge in [-0.3, -0.25) is 5.32 Å². The molecule has 1 aliphatic carbocycles. The summed E-state index contributed by atoms with van der Waals surface area (Å²) >= 11 is 1.68. The summed E-state index contributed by atoms with van der Waals surface area (Å²) in [5, 5.41) is 13.0. The normalized spacial score (nSPS) is 26.9. The molecule has 0 radical (unpaired) electrons. The first-order valence-electron chi connectivity index (χ1n) is 7.23. The van der Waals surface area contributed by atoms with Crippen LogP contribution in [0.2, 0.25) is 0 Å². The molecule has 1 saturated carbocycles. The van der Waals surface area contributed by atoms with Gasteiger partial charge in [0.05, 0.1) is 11.8 Å². The average Bonchev–Trinajstić information content (AvgIpc) is 2.70. The fourth-order valence-corrected chi connectivity index (χ4v) is 5.23. The van der Waals surface area contributed by atoms with Crippen LogP contribution in [-0.2, 0) is 9.84 Å². The Morgan fingerprint density at radius 2 is 2.15 bits per heavy atom. The van der Waals surface area contributed by atoms with E-state index in [1.54, 1.807) is 11.8 Å². The summed E-state index contributed by atoms with van der Waals surface area (Å²) in [6.07, 6.45) is 5.39. The molecule has 1 N–H and O–H groups in total. The van der Waals surface area contributed by atoms with Crippen LogP contribution in [0.1, 0.15) is 39.5 Å². The number of nitrogens with zero attached hydrogens (tertiary/aromatic N) is 1. The summed E-state index contributed by atoms with van der Waals surface area (Å²) in [5.74, 6) is 2.22. The van der Waals surface area contributed by atoms with Gasteiger partial charge in [0.25, 0.3) is 0 Å². The van der Waals surface area contributed by atoms with Crippen molar-refractivity contribution in [2.45, 2.75) is 51.1 Å². The van der Waals surface area contributed by atoms with Crippen LogP contribution in [0, 0.1) is 17.2 Å². The van der Waals surface area contributed by atoms with Crippen molar-refractivity contribution in [3.05, 3.63) is 0 Å². The first-order chi connectivity index (χ1) is 9.29. The first kappa shape index (κ1) is 17.8. The molecule has 0 aromatic heterocycles. The third-order valence-corrected chi connectivity index (χ3v) is 6.00. The predicted octanol–water partition coefficient (Wildman–Crippen LogP) is 2.21. The van der Waals surface area contributed by atoms with Crippen molar-refractivity contribution in [2.75, 3.05) is 23.5 Å². The monoisotopic (exact) mass is 318 g/mol. The zero-order valence-corrected chi connectivity index (χ0v) is 14.3. The molecule has 4 nitrogen and oxygen atoms in total. The largest absolute Gasteiger partial charge is 0.297 e. The quantitative estimate of drug-likeness (QED) is 0.695. The van der Waals surface area contributed by atoms with Crippen molar-refractivity contribution >= 4 is 21.6 Å². The molecule has 2 unspecified atom stereocenters. The SMILES string of the molecule is CC(C)NC1(C#N)CCCC1CCSCCS(C)(=O)=O. The highest BCUT2D eigenvalue weighted by Gasteiger charge is 2.42. The summed E-state index contributed by atoms with van der Waals surface area (Å²) in [6, 6.07) is 2.82. The van der Waals surface area contributed by atoms with Gasteiger partial charge < -0.3 is 0 Å². The van der Waals surface area contributed by atoms with E-state index in [1.165, 1.54) is 6.26 Å². The Labute approximate surface area is 127 Å². The van der Waals surface area contributed by atoms with E-state index in [0.29, 0.717) is 17.7 Å². The molecule has 1 rings (SSSR count). The van der Waals surface area contributed by atoms with Crippen LogP contribution in [0.3, 0.4) is 0 Å². The van der Waals surface area contributed by atoms with E-state index in [1.807, 2.05) is 0 Å². The third kappa shape index (κ3) is 5.63. The standard InChI is InChI=1S/C14H26N2O2S2/c1-12(2)16-14(11-15)7-4-5-13(14)6-8-19-9-10-20(3,17)18/h12-13,16H,4-10H2,1-3H3. The maximum atomic E-state index is 11.1. The van der Waals surface area contributed by atoms with Gasteiger partial charge in [-0.05, 0) is 44.8 Å². The van der Waals surface area contributed by atoms with Gasteiger partial charge in [0.1, 0.15) is 15.4 Å². The second-order valence-corrected chi connectivity index (χ2v) is 9.49. The van der Waals surface area contributed by atoms with Crippen LogP contribution in [0.15, 0.2) is 0 Å². The molecule has 6 heteroatoms. The summed E-state index contributed by atoms with van der Waals surface area (Å²) in [6.45, 7) is 4.16. The number of sulfone groups is 1. The maximum Gasteiger partial charge on any atom is 0.148 e. The number of nitriles is 1. The molecule has 0 spiro atoms. The molecule has 0 amide bonds. The van der Waals surface area contributed by atoms with Gasteiger partial charge in [-0.15, -0.1) is 0 Å². The van der Waals surface area contributed by atoms with E-state index < -0.39 is 9.84 Å². The Morgan fingerprint density at radius 3 is 2.70 bits per heavy atom. The molecule has 0 aliphatic heterocycles. The molecule has 116 valence electrons. The molecule has 1 fully saturated rings. The Kier molecular flexibility index (Phi) is 6.83. The summed E-state index contributed by atoms with van der Waals surface area (Å²) in [4.78, 5) is 0. The highest BCUT2D eigenvalue weighted by atomic mass is 32.2. The van der Waals surface area contributed by atoms with Gasteiger partial charge in [-0.2, -0.15) is 17.0 Å². The first-order valence-corrected chi connectivity index (χ1v) is 10.4. The zero-order chi connectivity index (χ0) is 15.2. The van der Waals surface area contributed by atoms with Crippen molar-refractivity contribution < 1.29 is 8.42 Å². The number of hydrogen-bond donors (Lipinski definition) is 1. The van der Waals surface area contributed by atoms with E-state index >= 15 is 0 Å². The molecule has 2 atom stereocenters.